The molecular weight excluding hydrogens is 320 g/mol. The second kappa shape index (κ2) is 7.23. The number of aryl methyl sites for hydroxylation is 2. The number of amides is 1. The van der Waals surface area contributed by atoms with Gasteiger partial charge in [0.2, 0.25) is 5.91 Å². The third-order valence-electron chi connectivity index (χ3n) is 4.85. The van der Waals surface area contributed by atoms with Gasteiger partial charge in [-0.1, -0.05) is 6.07 Å². The number of carbonyl (C=O) groups is 1. The van der Waals surface area contributed by atoms with Crippen LogP contribution in [0.15, 0.2) is 35.4 Å². The topological polar surface area (TPSA) is 89.2 Å². The molecule has 7 heteroatoms. The van der Waals surface area contributed by atoms with Crippen LogP contribution >= 0.6 is 0 Å². The normalized spacial score (nSPS) is 20.8. The summed E-state index contributed by atoms with van der Waals surface area (Å²) in [6, 6.07) is 4.92. The molecule has 0 saturated heterocycles. The van der Waals surface area contributed by atoms with Gasteiger partial charge in [-0.25, -0.2) is 0 Å². The highest BCUT2D eigenvalue weighted by atomic mass is 16.3. The molecule has 1 atom stereocenters. The van der Waals surface area contributed by atoms with E-state index in [1.165, 1.54) is 6.07 Å². The minimum Gasteiger partial charge on any atom is -0.393 e. The molecule has 0 unspecified atom stereocenters. The number of rotatable bonds is 6. The van der Waals surface area contributed by atoms with E-state index in [1.807, 2.05) is 26.2 Å². The van der Waals surface area contributed by atoms with E-state index in [9.17, 15) is 14.7 Å². The van der Waals surface area contributed by atoms with Crippen LogP contribution in [0.4, 0.5) is 0 Å². The molecule has 1 fully saturated rings. The van der Waals surface area contributed by atoms with Crippen LogP contribution in [0.1, 0.15) is 36.6 Å². The molecule has 2 heterocycles. The summed E-state index contributed by atoms with van der Waals surface area (Å²) < 4.78 is 3.31. The van der Waals surface area contributed by atoms with Crippen molar-refractivity contribution < 1.29 is 9.90 Å². The molecule has 0 radical (unpaired) electrons. The number of aromatic nitrogens is 3. The lowest BCUT2D eigenvalue weighted by Gasteiger charge is -2.37. The van der Waals surface area contributed by atoms with Crippen LogP contribution in [0.25, 0.3) is 0 Å². The van der Waals surface area contributed by atoms with Crippen LogP contribution in [0, 0.1) is 12.8 Å². The van der Waals surface area contributed by atoms with Gasteiger partial charge in [-0.15, -0.1) is 0 Å². The standard InChI is InChI=1S/C18H24N4O3/c1-12-4-3-5-17(25)22(12)7-6-16(24)20-18(13-8-15(23)9-13)14-10-19-21(2)11-14/h3-5,10-11,13,15,18,23H,6-9H2,1-2H3,(H,20,24)/t13?,15?,18-/m1/s1. The Balaban J connectivity index is 1.65. The number of carbonyl (C=O) groups excluding carboxylic acids is 1. The maximum Gasteiger partial charge on any atom is 0.250 e. The van der Waals surface area contributed by atoms with E-state index in [0.717, 1.165) is 11.3 Å². The van der Waals surface area contributed by atoms with Gasteiger partial charge in [0, 0.05) is 43.5 Å². The molecule has 0 bridgehead atoms. The van der Waals surface area contributed by atoms with Crippen molar-refractivity contribution in [2.75, 3.05) is 0 Å². The highest BCUT2D eigenvalue weighted by molar-refractivity contribution is 5.76. The fourth-order valence-corrected chi connectivity index (χ4v) is 3.35. The second-order valence-electron chi connectivity index (χ2n) is 6.78. The first-order valence-electron chi connectivity index (χ1n) is 8.56. The number of pyridine rings is 1. The largest absolute Gasteiger partial charge is 0.393 e. The minimum atomic E-state index is -0.286. The second-order valence-corrected chi connectivity index (χ2v) is 6.78. The number of aliphatic hydroxyl groups is 1. The van der Waals surface area contributed by atoms with Gasteiger partial charge in [0.05, 0.1) is 18.3 Å². The van der Waals surface area contributed by atoms with Crippen LogP contribution in [-0.4, -0.2) is 31.5 Å². The molecule has 2 N–H and O–H groups in total. The molecule has 134 valence electrons. The van der Waals surface area contributed by atoms with Crippen molar-refractivity contribution >= 4 is 5.91 Å². The molecule has 3 rings (SSSR count). The number of hydrogen-bond donors (Lipinski definition) is 2. The first-order valence-corrected chi connectivity index (χ1v) is 8.56. The van der Waals surface area contributed by atoms with E-state index in [-0.39, 0.29) is 36.0 Å². The highest BCUT2D eigenvalue weighted by Gasteiger charge is 2.36. The van der Waals surface area contributed by atoms with Crippen LogP contribution in [-0.2, 0) is 18.4 Å². The van der Waals surface area contributed by atoms with E-state index in [4.69, 9.17) is 0 Å². The van der Waals surface area contributed by atoms with Gasteiger partial charge in [0.25, 0.3) is 5.56 Å². The van der Waals surface area contributed by atoms with Crippen molar-refractivity contribution in [3.8, 4) is 0 Å². The quantitative estimate of drug-likeness (QED) is 0.815. The Morgan fingerprint density at radius 1 is 1.44 bits per heavy atom. The van der Waals surface area contributed by atoms with Gasteiger partial charge >= 0.3 is 0 Å². The molecule has 2 aromatic rings. The third kappa shape index (κ3) is 3.99. The maximum atomic E-state index is 12.4. The van der Waals surface area contributed by atoms with Crippen molar-refractivity contribution in [2.45, 2.75) is 44.9 Å². The summed E-state index contributed by atoms with van der Waals surface area (Å²) in [5.41, 5.74) is 1.69. The molecule has 0 aromatic carbocycles. The Morgan fingerprint density at radius 3 is 2.80 bits per heavy atom. The van der Waals surface area contributed by atoms with Gasteiger partial charge < -0.3 is 15.0 Å². The first-order chi connectivity index (χ1) is 11.9. The van der Waals surface area contributed by atoms with Crippen molar-refractivity contribution in [3.05, 3.63) is 52.2 Å². The van der Waals surface area contributed by atoms with E-state index in [1.54, 1.807) is 21.5 Å². The Bertz CT molecular complexity index is 805. The molecule has 0 spiro atoms. The summed E-state index contributed by atoms with van der Waals surface area (Å²) in [6.45, 7) is 2.21. The summed E-state index contributed by atoms with van der Waals surface area (Å²) in [7, 11) is 1.84. The smallest absolute Gasteiger partial charge is 0.250 e. The summed E-state index contributed by atoms with van der Waals surface area (Å²) in [5.74, 6) is 0.106. The fraction of sp³-hybridized carbons (Fsp3) is 0.500. The number of aliphatic hydroxyl groups excluding tert-OH is 1. The van der Waals surface area contributed by atoms with Gasteiger partial charge in [-0.3, -0.25) is 14.3 Å². The predicted molar refractivity (Wildman–Crippen MR) is 92.9 cm³/mol. The van der Waals surface area contributed by atoms with Crippen molar-refractivity contribution in [3.63, 3.8) is 0 Å². The lowest BCUT2D eigenvalue weighted by atomic mass is 9.75. The van der Waals surface area contributed by atoms with Crippen LogP contribution in [0.3, 0.4) is 0 Å². The molecule has 1 amide bonds. The van der Waals surface area contributed by atoms with Crippen molar-refractivity contribution in [2.24, 2.45) is 13.0 Å². The molecule has 1 aliphatic rings. The highest BCUT2D eigenvalue weighted by Crippen LogP contribution is 2.37. The summed E-state index contributed by atoms with van der Waals surface area (Å²) >= 11 is 0. The van der Waals surface area contributed by atoms with Crippen LogP contribution in [0.5, 0.6) is 0 Å². The lowest BCUT2D eigenvalue weighted by molar-refractivity contribution is -0.123. The van der Waals surface area contributed by atoms with E-state index in [2.05, 4.69) is 10.4 Å². The zero-order valence-electron chi connectivity index (χ0n) is 14.6. The van der Waals surface area contributed by atoms with Crippen molar-refractivity contribution in [1.82, 2.24) is 19.7 Å². The predicted octanol–water partition coefficient (Wildman–Crippen LogP) is 0.909. The number of nitrogens with one attached hydrogen (secondary N) is 1. The van der Waals surface area contributed by atoms with Gasteiger partial charge in [0.1, 0.15) is 0 Å². The minimum absolute atomic E-state index is 0.0984. The molecule has 0 aliphatic heterocycles. The van der Waals surface area contributed by atoms with E-state index in [0.29, 0.717) is 19.4 Å². The maximum absolute atomic E-state index is 12.4. The molecule has 2 aromatic heterocycles. The van der Waals surface area contributed by atoms with Gasteiger partial charge in [0.15, 0.2) is 0 Å². The molecular formula is C18H24N4O3. The Morgan fingerprint density at radius 2 is 2.20 bits per heavy atom. The Labute approximate surface area is 146 Å². The molecule has 25 heavy (non-hydrogen) atoms. The van der Waals surface area contributed by atoms with Crippen molar-refractivity contribution in [1.29, 1.82) is 0 Å². The monoisotopic (exact) mass is 344 g/mol. The molecule has 7 nitrogen and oxygen atoms in total. The number of nitrogens with zero attached hydrogens (tertiary/aromatic N) is 3. The SMILES string of the molecule is Cc1cccc(=O)n1CCC(=O)N[C@@H](c1cnn(C)c1)C1CC(O)C1. The Kier molecular flexibility index (Phi) is 5.03. The van der Waals surface area contributed by atoms with Gasteiger partial charge in [-0.2, -0.15) is 5.10 Å². The fourth-order valence-electron chi connectivity index (χ4n) is 3.35. The summed E-state index contributed by atoms with van der Waals surface area (Å²) in [5, 5.41) is 16.8. The zero-order valence-corrected chi connectivity index (χ0v) is 14.6. The van der Waals surface area contributed by atoms with Crippen LogP contribution < -0.4 is 10.9 Å². The molecule has 1 saturated carbocycles. The average molecular weight is 344 g/mol. The summed E-state index contributed by atoms with van der Waals surface area (Å²) in [6.07, 6.45) is 4.94. The Hall–Kier alpha value is -2.41. The first kappa shape index (κ1) is 17.4. The van der Waals surface area contributed by atoms with Gasteiger partial charge in [-0.05, 0) is 31.7 Å². The summed E-state index contributed by atoms with van der Waals surface area (Å²) in [4.78, 5) is 24.3. The lowest BCUT2D eigenvalue weighted by Crippen LogP contribution is -2.41. The zero-order chi connectivity index (χ0) is 18.0. The van der Waals surface area contributed by atoms with E-state index < -0.39 is 0 Å². The number of hydrogen-bond acceptors (Lipinski definition) is 4. The van der Waals surface area contributed by atoms with E-state index >= 15 is 0 Å². The molecule has 1 aliphatic carbocycles. The third-order valence-corrected chi connectivity index (χ3v) is 4.85. The average Bonchev–Trinajstić information content (AvgIpc) is 2.96. The van der Waals surface area contributed by atoms with Crippen LogP contribution in [0.2, 0.25) is 0 Å².